The van der Waals surface area contributed by atoms with E-state index in [2.05, 4.69) is 17.2 Å². The molecule has 2 aromatic carbocycles. The third-order valence-electron chi connectivity index (χ3n) is 3.11. The van der Waals surface area contributed by atoms with Gasteiger partial charge in [-0.3, -0.25) is 4.79 Å². The molecule has 3 nitrogen and oxygen atoms in total. The molecule has 0 saturated heterocycles. The summed E-state index contributed by atoms with van der Waals surface area (Å²) in [4.78, 5) is 11.8. The second-order valence-corrected chi connectivity index (χ2v) is 5.38. The molecule has 0 atom stereocenters. The third kappa shape index (κ3) is 5.67. The van der Waals surface area contributed by atoms with Gasteiger partial charge in [0.05, 0.1) is 22.7 Å². The number of ether oxygens (including phenoxy) is 1. The van der Waals surface area contributed by atoms with Crippen molar-refractivity contribution in [1.29, 1.82) is 0 Å². The van der Waals surface area contributed by atoms with E-state index in [0.717, 1.165) is 24.3 Å². The van der Waals surface area contributed by atoms with Gasteiger partial charge in [-0.05, 0) is 36.4 Å². The Hall–Kier alpha value is -2.72. The van der Waals surface area contributed by atoms with Crippen molar-refractivity contribution < 1.29 is 27.1 Å². The summed E-state index contributed by atoms with van der Waals surface area (Å²) in [6, 6.07) is 7.81. The van der Waals surface area contributed by atoms with Gasteiger partial charge in [0.2, 0.25) is 0 Å². The highest BCUT2D eigenvalue weighted by Crippen LogP contribution is 2.31. The molecule has 0 aliphatic rings. The Morgan fingerprint density at radius 1 is 1.15 bits per heavy atom. The van der Waals surface area contributed by atoms with E-state index in [9.17, 15) is 22.4 Å². The number of carbonyl (C=O) groups is 1. The van der Waals surface area contributed by atoms with Crippen LogP contribution in [0.4, 0.5) is 17.6 Å². The van der Waals surface area contributed by atoms with Gasteiger partial charge in [-0.25, -0.2) is 4.39 Å². The lowest BCUT2D eigenvalue weighted by Gasteiger charge is -2.08. The molecule has 26 heavy (non-hydrogen) atoms. The molecule has 0 aromatic heterocycles. The highest BCUT2D eigenvalue weighted by molar-refractivity contribution is 6.33. The van der Waals surface area contributed by atoms with Crippen LogP contribution in [0.25, 0.3) is 0 Å². The molecule has 0 spiro atoms. The van der Waals surface area contributed by atoms with Gasteiger partial charge in [-0.1, -0.05) is 29.5 Å². The molecule has 8 heteroatoms. The van der Waals surface area contributed by atoms with Crippen molar-refractivity contribution in [3.8, 4) is 17.6 Å². The molecule has 2 rings (SSSR count). The van der Waals surface area contributed by atoms with E-state index in [1.165, 1.54) is 18.2 Å². The Kier molecular flexibility index (Phi) is 6.47. The van der Waals surface area contributed by atoms with Crippen LogP contribution in [-0.4, -0.2) is 19.1 Å². The van der Waals surface area contributed by atoms with E-state index in [1.807, 2.05) is 0 Å². The number of nitrogens with one attached hydrogen (secondary N) is 1. The molecule has 0 bridgehead atoms. The maximum atomic E-state index is 12.9. The monoisotopic (exact) mass is 385 g/mol. The van der Waals surface area contributed by atoms with Crippen LogP contribution in [0, 0.1) is 17.7 Å². The summed E-state index contributed by atoms with van der Waals surface area (Å²) < 4.78 is 55.7. The molecule has 1 amide bonds. The van der Waals surface area contributed by atoms with Crippen LogP contribution in [0.3, 0.4) is 0 Å². The van der Waals surface area contributed by atoms with Gasteiger partial charge in [0.25, 0.3) is 5.91 Å². The molecule has 1 N–H and O–H groups in total. The lowest BCUT2D eigenvalue weighted by Crippen LogP contribution is -2.24. The molecular weight excluding hydrogens is 374 g/mol. The fourth-order valence-electron chi connectivity index (χ4n) is 1.89. The number of hydrogen-bond donors (Lipinski definition) is 1. The number of rotatable bonds is 4. The van der Waals surface area contributed by atoms with Gasteiger partial charge in [-0.2, -0.15) is 13.2 Å². The number of carbonyl (C=O) groups excluding carboxylic acids is 1. The number of alkyl halides is 3. The number of hydrogen-bond acceptors (Lipinski definition) is 2. The van der Waals surface area contributed by atoms with E-state index in [4.69, 9.17) is 16.3 Å². The summed E-state index contributed by atoms with van der Waals surface area (Å²) in [7, 11) is 0. The molecule has 0 unspecified atom stereocenters. The van der Waals surface area contributed by atoms with Crippen molar-refractivity contribution in [2.75, 3.05) is 13.2 Å². The van der Waals surface area contributed by atoms with Gasteiger partial charge in [-0.15, -0.1) is 0 Å². The van der Waals surface area contributed by atoms with Gasteiger partial charge in [0.1, 0.15) is 18.2 Å². The van der Waals surface area contributed by atoms with Crippen LogP contribution < -0.4 is 10.1 Å². The molecule has 0 heterocycles. The summed E-state index contributed by atoms with van der Waals surface area (Å²) in [6.07, 6.45) is -4.45. The smallest absolute Gasteiger partial charge is 0.416 e. The standard InChI is InChI=1S/C18H12ClF4NO2/c19-16-11-13(20)6-7-15(16)17(25)24-8-1-2-9-26-14-5-3-4-12(10-14)18(21,22)23/h3-7,10-11H,8-9H2,(H,24,25). The Labute approximate surface area is 151 Å². The van der Waals surface area contributed by atoms with E-state index in [1.54, 1.807) is 0 Å². The quantitative estimate of drug-likeness (QED) is 0.629. The maximum Gasteiger partial charge on any atom is 0.416 e. The van der Waals surface area contributed by atoms with Crippen LogP contribution in [0.5, 0.6) is 5.75 Å². The SMILES string of the molecule is O=C(NCC#CCOc1cccc(C(F)(F)F)c1)c1ccc(F)cc1Cl. The molecule has 0 radical (unpaired) electrons. The van der Waals surface area contributed by atoms with Crippen molar-refractivity contribution in [2.45, 2.75) is 6.18 Å². The van der Waals surface area contributed by atoms with Crippen LogP contribution in [0.2, 0.25) is 5.02 Å². The first-order valence-electron chi connectivity index (χ1n) is 7.26. The van der Waals surface area contributed by atoms with Gasteiger partial charge >= 0.3 is 6.18 Å². The molecule has 0 fully saturated rings. The zero-order valence-electron chi connectivity index (χ0n) is 13.2. The Morgan fingerprint density at radius 3 is 2.62 bits per heavy atom. The lowest BCUT2D eigenvalue weighted by molar-refractivity contribution is -0.137. The van der Waals surface area contributed by atoms with Crippen molar-refractivity contribution in [1.82, 2.24) is 5.32 Å². The minimum absolute atomic E-state index is 0.0247. The predicted molar refractivity (Wildman–Crippen MR) is 88.5 cm³/mol. The molecular formula is C18H12ClF4NO2. The summed E-state index contributed by atoms with van der Waals surface area (Å²) in [6.45, 7) is -0.174. The van der Waals surface area contributed by atoms with Crippen molar-refractivity contribution in [3.63, 3.8) is 0 Å². The second kappa shape index (κ2) is 8.59. The fourth-order valence-corrected chi connectivity index (χ4v) is 2.14. The fraction of sp³-hybridized carbons (Fsp3) is 0.167. The number of benzene rings is 2. The van der Waals surface area contributed by atoms with E-state index < -0.39 is 23.5 Å². The zero-order chi connectivity index (χ0) is 19.2. The first kappa shape index (κ1) is 19.6. The molecule has 0 aliphatic heterocycles. The lowest BCUT2D eigenvalue weighted by atomic mass is 10.2. The molecule has 2 aromatic rings. The normalized spacial score (nSPS) is 10.7. The predicted octanol–water partition coefficient (Wildman–Crippen LogP) is 4.31. The van der Waals surface area contributed by atoms with Crippen molar-refractivity contribution in [2.24, 2.45) is 0 Å². The average Bonchev–Trinajstić information content (AvgIpc) is 2.57. The summed E-state index contributed by atoms with van der Waals surface area (Å²) in [5.41, 5.74) is -0.707. The first-order valence-corrected chi connectivity index (χ1v) is 7.64. The third-order valence-corrected chi connectivity index (χ3v) is 3.42. The van der Waals surface area contributed by atoms with Crippen molar-refractivity contribution >= 4 is 17.5 Å². The summed E-state index contributed by atoms with van der Waals surface area (Å²) in [5, 5.41) is 2.44. The second-order valence-electron chi connectivity index (χ2n) is 4.97. The molecule has 0 saturated carbocycles. The first-order chi connectivity index (χ1) is 12.3. The van der Waals surface area contributed by atoms with Crippen LogP contribution >= 0.6 is 11.6 Å². The van der Waals surface area contributed by atoms with Gasteiger partial charge in [0.15, 0.2) is 0 Å². The minimum Gasteiger partial charge on any atom is -0.481 e. The van der Waals surface area contributed by atoms with Crippen LogP contribution in [0.1, 0.15) is 15.9 Å². The highest BCUT2D eigenvalue weighted by atomic mass is 35.5. The van der Waals surface area contributed by atoms with Crippen molar-refractivity contribution in [3.05, 3.63) is 64.4 Å². The highest BCUT2D eigenvalue weighted by Gasteiger charge is 2.30. The van der Waals surface area contributed by atoms with Crippen LogP contribution in [-0.2, 0) is 6.18 Å². The summed E-state index contributed by atoms with van der Waals surface area (Å²) in [5.74, 6) is 4.10. The average molecular weight is 386 g/mol. The topological polar surface area (TPSA) is 38.3 Å². The van der Waals surface area contributed by atoms with Gasteiger partial charge < -0.3 is 10.1 Å². The minimum atomic E-state index is -4.45. The van der Waals surface area contributed by atoms with Gasteiger partial charge in [0, 0.05) is 0 Å². The summed E-state index contributed by atoms with van der Waals surface area (Å²) >= 11 is 5.76. The zero-order valence-corrected chi connectivity index (χ0v) is 13.9. The maximum absolute atomic E-state index is 12.9. The number of amides is 1. The molecule has 136 valence electrons. The Morgan fingerprint density at radius 2 is 1.92 bits per heavy atom. The van der Waals surface area contributed by atoms with Crippen LogP contribution in [0.15, 0.2) is 42.5 Å². The Balaban J connectivity index is 1.82. The largest absolute Gasteiger partial charge is 0.481 e. The Bertz CT molecular complexity index is 856. The number of halogens is 5. The van der Waals surface area contributed by atoms with E-state index in [0.29, 0.717) is 0 Å². The molecule has 0 aliphatic carbocycles. The van der Waals surface area contributed by atoms with E-state index in [-0.39, 0.29) is 29.5 Å². The van der Waals surface area contributed by atoms with E-state index >= 15 is 0 Å².